The number of hydrogen-bond donors (Lipinski definition) is 0. The van der Waals surface area contributed by atoms with Crippen molar-refractivity contribution in [2.24, 2.45) is 0 Å². The molecule has 0 aliphatic heterocycles. The minimum absolute atomic E-state index is 0.582. The van der Waals surface area contributed by atoms with Crippen LogP contribution in [0.4, 0.5) is 34.1 Å². The molecule has 0 saturated carbocycles. The quantitative estimate of drug-likeness (QED) is 0.150. The molecule has 0 amide bonds. The number of anilines is 6. The van der Waals surface area contributed by atoms with Gasteiger partial charge in [0.15, 0.2) is 0 Å². The Bertz CT molecular complexity index is 3440. The van der Waals surface area contributed by atoms with Crippen LogP contribution < -0.4 is 9.80 Å². The SMILES string of the molecule is c1ccc(-c2ccc(N(c3ccc(-c4ccccc4)cc3)c3ccc4c(c3)C3(c5ccccc5-c5ccc(N(c6ccccc6)c6ccccc6)cc53)c3c-4sc4ccccc34)cc2)cc1. The molecule has 66 heavy (non-hydrogen) atoms. The van der Waals surface area contributed by atoms with Gasteiger partial charge in [0.05, 0.1) is 5.41 Å². The van der Waals surface area contributed by atoms with Gasteiger partial charge >= 0.3 is 0 Å². The van der Waals surface area contributed by atoms with Crippen molar-refractivity contribution in [1.82, 2.24) is 0 Å². The van der Waals surface area contributed by atoms with Gasteiger partial charge in [-0.3, -0.25) is 0 Å². The highest BCUT2D eigenvalue weighted by Crippen LogP contribution is 2.67. The molecule has 1 heterocycles. The van der Waals surface area contributed by atoms with Crippen molar-refractivity contribution in [1.29, 1.82) is 0 Å². The highest BCUT2D eigenvalue weighted by Gasteiger charge is 2.54. The zero-order valence-corrected chi connectivity index (χ0v) is 36.9. The van der Waals surface area contributed by atoms with Crippen LogP contribution in [-0.4, -0.2) is 0 Å². The molecule has 10 aromatic carbocycles. The molecule has 0 fully saturated rings. The fraction of sp³-hybridized carbons (Fsp3) is 0.0159. The lowest BCUT2D eigenvalue weighted by atomic mass is 9.70. The van der Waals surface area contributed by atoms with E-state index in [1.54, 1.807) is 0 Å². The molecule has 310 valence electrons. The predicted molar refractivity (Wildman–Crippen MR) is 278 cm³/mol. The first-order valence-electron chi connectivity index (χ1n) is 22.7. The van der Waals surface area contributed by atoms with Crippen LogP contribution in [0.1, 0.15) is 22.3 Å². The maximum absolute atomic E-state index is 2.51. The standard InChI is InChI=1S/C63H42N2S/c1-5-17-43(18-6-1)45-29-33-49(34-30-45)65(50-35-31-46(32-36-50)44-19-7-2-8-20-44)52-38-40-55-59(42-52)63(61-56-26-14-16-28-60(56)66-62(55)61)57-27-15-13-25-53(57)54-39-37-51(41-58(54)63)64(47-21-9-3-10-22-47)48-23-11-4-12-24-48/h1-42H. The number of rotatable bonds is 8. The zero-order chi connectivity index (χ0) is 43.6. The molecule has 3 heteroatoms. The minimum atomic E-state index is -0.582. The van der Waals surface area contributed by atoms with E-state index in [0.717, 1.165) is 34.1 Å². The molecule has 2 nitrogen and oxygen atoms in total. The smallest absolute Gasteiger partial charge is 0.0741 e. The van der Waals surface area contributed by atoms with Crippen molar-refractivity contribution in [3.63, 3.8) is 0 Å². The molecule has 11 aromatic rings. The van der Waals surface area contributed by atoms with Crippen molar-refractivity contribution in [2.45, 2.75) is 5.41 Å². The summed E-state index contributed by atoms with van der Waals surface area (Å²) in [6.07, 6.45) is 0. The summed E-state index contributed by atoms with van der Waals surface area (Å²) in [4.78, 5) is 6.18. The van der Waals surface area contributed by atoms with E-state index in [9.17, 15) is 0 Å². The van der Waals surface area contributed by atoms with Gasteiger partial charge in [-0.1, -0.05) is 176 Å². The van der Waals surface area contributed by atoms with Gasteiger partial charge in [0.2, 0.25) is 0 Å². The van der Waals surface area contributed by atoms with Crippen LogP contribution in [-0.2, 0) is 5.41 Å². The topological polar surface area (TPSA) is 6.48 Å². The van der Waals surface area contributed by atoms with E-state index in [4.69, 9.17) is 0 Å². The average Bonchev–Trinajstić information content (AvgIpc) is 4.01. The molecular weight excluding hydrogens is 817 g/mol. The number of thiophene rings is 1. The van der Waals surface area contributed by atoms with E-state index in [2.05, 4.69) is 265 Å². The normalized spacial score (nSPS) is 14.1. The first kappa shape index (κ1) is 38.2. The minimum Gasteiger partial charge on any atom is -0.310 e. The predicted octanol–water partition coefficient (Wildman–Crippen LogP) is 17.5. The van der Waals surface area contributed by atoms with Gasteiger partial charge in [-0.05, 0) is 145 Å². The second kappa shape index (κ2) is 15.5. The summed E-state index contributed by atoms with van der Waals surface area (Å²) in [6.45, 7) is 0. The molecule has 0 bridgehead atoms. The molecular formula is C63H42N2S. The summed E-state index contributed by atoms with van der Waals surface area (Å²) in [5.74, 6) is 0. The maximum atomic E-state index is 2.51. The Labute approximate surface area is 389 Å². The van der Waals surface area contributed by atoms with Gasteiger partial charge in [0.1, 0.15) is 0 Å². The van der Waals surface area contributed by atoms with Gasteiger partial charge in [-0.25, -0.2) is 0 Å². The van der Waals surface area contributed by atoms with Crippen LogP contribution in [0.15, 0.2) is 255 Å². The summed E-state index contributed by atoms with van der Waals surface area (Å²) < 4.78 is 1.31. The van der Waals surface area contributed by atoms with Crippen LogP contribution in [0.5, 0.6) is 0 Å². The van der Waals surface area contributed by atoms with E-state index < -0.39 is 5.41 Å². The summed E-state index contributed by atoms with van der Waals surface area (Å²) in [7, 11) is 0. The lowest BCUT2D eigenvalue weighted by Crippen LogP contribution is -2.26. The second-order valence-electron chi connectivity index (χ2n) is 17.2. The van der Waals surface area contributed by atoms with Crippen LogP contribution >= 0.6 is 11.3 Å². The Morgan fingerprint density at radius 1 is 0.288 bits per heavy atom. The number of fused-ring (bicyclic) bond motifs is 12. The van der Waals surface area contributed by atoms with Crippen LogP contribution in [0.2, 0.25) is 0 Å². The monoisotopic (exact) mass is 858 g/mol. The number of benzene rings is 10. The molecule has 2 aliphatic rings. The van der Waals surface area contributed by atoms with E-state index in [-0.39, 0.29) is 0 Å². The first-order valence-corrected chi connectivity index (χ1v) is 23.5. The van der Waals surface area contributed by atoms with Gasteiger partial charge < -0.3 is 9.80 Å². The lowest BCUT2D eigenvalue weighted by Gasteiger charge is -2.33. The van der Waals surface area contributed by atoms with E-state index in [1.165, 1.54) is 76.2 Å². The molecule has 1 unspecified atom stereocenters. The van der Waals surface area contributed by atoms with Gasteiger partial charge in [0.25, 0.3) is 0 Å². The van der Waals surface area contributed by atoms with Crippen LogP contribution in [0.25, 0.3) is 53.9 Å². The molecule has 2 aliphatic carbocycles. The maximum Gasteiger partial charge on any atom is 0.0741 e. The van der Waals surface area contributed by atoms with Gasteiger partial charge in [-0.15, -0.1) is 11.3 Å². The molecule has 0 N–H and O–H groups in total. The Hall–Kier alpha value is -8.24. The first-order chi connectivity index (χ1) is 32.7. The molecule has 1 spiro atoms. The van der Waals surface area contributed by atoms with Crippen molar-refractivity contribution < 1.29 is 0 Å². The Balaban J connectivity index is 1.06. The second-order valence-corrected chi connectivity index (χ2v) is 18.3. The van der Waals surface area contributed by atoms with Crippen molar-refractivity contribution in [3.8, 4) is 43.8 Å². The average molecular weight is 859 g/mol. The van der Waals surface area contributed by atoms with Crippen LogP contribution in [0.3, 0.4) is 0 Å². The Morgan fingerprint density at radius 3 is 1.24 bits per heavy atom. The summed E-state index contributed by atoms with van der Waals surface area (Å²) in [6, 6.07) is 93.6. The molecule has 1 aromatic heterocycles. The third-order valence-corrected chi connectivity index (χ3v) is 14.9. The zero-order valence-electron chi connectivity index (χ0n) is 36.1. The van der Waals surface area contributed by atoms with Crippen molar-refractivity contribution in [2.75, 3.05) is 9.80 Å². The van der Waals surface area contributed by atoms with Gasteiger partial charge in [0, 0.05) is 43.7 Å². The van der Waals surface area contributed by atoms with Crippen molar-refractivity contribution in [3.05, 3.63) is 277 Å². The van der Waals surface area contributed by atoms with E-state index in [1.807, 2.05) is 11.3 Å². The Kier molecular flexibility index (Phi) is 8.97. The van der Waals surface area contributed by atoms with Crippen LogP contribution in [0, 0.1) is 0 Å². The van der Waals surface area contributed by atoms with Crippen molar-refractivity contribution >= 4 is 55.5 Å². The largest absolute Gasteiger partial charge is 0.310 e. The Morgan fingerprint density at radius 2 is 0.682 bits per heavy atom. The number of para-hydroxylation sites is 2. The molecule has 13 rings (SSSR count). The highest BCUT2D eigenvalue weighted by molar-refractivity contribution is 7.22. The summed E-state index contributed by atoms with van der Waals surface area (Å²) in [5.41, 5.74) is 20.1. The third kappa shape index (κ3) is 5.94. The fourth-order valence-electron chi connectivity index (χ4n) is 10.8. The molecule has 0 saturated heterocycles. The third-order valence-electron chi connectivity index (χ3n) is 13.7. The van der Waals surface area contributed by atoms with E-state index in [0.29, 0.717) is 0 Å². The lowest BCUT2D eigenvalue weighted by molar-refractivity contribution is 0.802. The highest BCUT2D eigenvalue weighted by atomic mass is 32.1. The summed E-state index contributed by atoms with van der Waals surface area (Å²) >= 11 is 1.93. The fourth-order valence-corrected chi connectivity index (χ4v) is 12.1. The summed E-state index contributed by atoms with van der Waals surface area (Å²) in [5, 5.41) is 1.32. The molecule has 0 radical (unpaired) electrons. The van der Waals surface area contributed by atoms with E-state index >= 15 is 0 Å². The molecule has 1 atom stereocenters. The van der Waals surface area contributed by atoms with Gasteiger partial charge in [-0.2, -0.15) is 0 Å². The number of nitrogens with zero attached hydrogens (tertiary/aromatic N) is 2. The number of hydrogen-bond acceptors (Lipinski definition) is 3.